The summed E-state index contributed by atoms with van der Waals surface area (Å²) in [4.78, 5) is 15.8. The highest BCUT2D eigenvalue weighted by Gasteiger charge is 2.07. The summed E-state index contributed by atoms with van der Waals surface area (Å²) in [6.45, 7) is 4.67. The second-order valence-electron chi connectivity index (χ2n) is 8.27. The van der Waals surface area contributed by atoms with Crippen LogP contribution in [0.2, 0.25) is 0 Å². The van der Waals surface area contributed by atoms with Gasteiger partial charge in [-0.3, -0.25) is 0 Å². The summed E-state index contributed by atoms with van der Waals surface area (Å²) in [5, 5.41) is 8.78. The molecule has 2 heterocycles. The maximum Gasteiger partial charge on any atom is 0.246 e. The number of hydrazone groups is 1. The van der Waals surface area contributed by atoms with Crippen LogP contribution in [0.25, 0.3) is 10.9 Å². The molecule has 0 saturated carbocycles. The maximum atomic E-state index is 4.65. The van der Waals surface area contributed by atoms with Crippen LogP contribution in [0.3, 0.4) is 0 Å². The molecule has 8 heteroatoms. The van der Waals surface area contributed by atoms with E-state index in [1.165, 1.54) is 11.1 Å². The van der Waals surface area contributed by atoms with Gasteiger partial charge in [0, 0.05) is 30.9 Å². The SMILES string of the molecule is Cc1ccc(Cn2ccnc2/C=N/Nc2nc(NCCCN(C)C)c3ccccc3n2)cc1. The second kappa shape index (κ2) is 10.7. The molecule has 0 radical (unpaired) electrons. The zero-order valence-electron chi connectivity index (χ0n) is 19.4. The summed E-state index contributed by atoms with van der Waals surface area (Å²) in [6, 6.07) is 16.5. The van der Waals surface area contributed by atoms with E-state index in [4.69, 9.17) is 0 Å². The molecule has 0 unspecified atom stereocenters. The first-order valence-electron chi connectivity index (χ1n) is 11.1. The van der Waals surface area contributed by atoms with Gasteiger partial charge >= 0.3 is 0 Å². The molecule has 170 valence electrons. The summed E-state index contributed by atoms with van der Waals surface area (Å²) in [5.41, 5.74) is 6.29. The number of rotatable bonds is 10. The van der Waals surface area contributed by atoms with Gasteiger partial charge in [-0.15, -0.1) is 0 Å². The second-order valence-corrected chi connectivity index (χ2v) is 8.27. The molecule has 0 aliphatic rings. The van der Waals surface area contributed by atoms with E-state index in [0.717, 1.165) is 48.6 Å². The van der Waals surface area contributed by atoms with Crippen LogP contribution >= 0.6 is 0 Å². The zero-order chi connectivity index (χ0) is 23.0. The van der Waals surface area contributed by atoms with E-state index in [1.54, 1.807) is 12.4 Å². The highest BCUT2D eigenvalue weighted by Crippen LogP contribution is 2.21. The van der Waals surface area contributed by atoms with E-state index in [9.17, 15) is 0 Å². The lowest BCUT2D eigenvalue weighted by Crippen LogP contribution is -2.17. The minimum absolute atomic E-state index is 0.441. The van der Waals surface area contributed by atoms with Gasteiger partial charge < -0.3 is 14.8 Å². The van der Waals surface area contributed by atoms with Crippen molar-refractivity contribution in [2.24, 2.45) is 5.10 Å². The van der Waals surface area contributed by atoms with Crippen LogP contribution in [0.4, 0.5) is 11.8 Å². The Kier molecular flexibility index (Phi) is 7.26. The Morgan fingerprint density at radius 1 is 1.06 bits per heavy atom. The predicted molar refractivity (Wildman–Crippen MR) is 135 cm³/mol. The lowest BCUT2D eigenvalue weighted by Gasteiger charge is -2.12. The number of anilines is 2. The molecule has 2 aromatic carbocycles. The average Bonchev–Trinajstić information content (AvgIpc) is 3.25. The Bertz CT molecular complexity index is 1210. The quantitative estimate of drug-likeness (QED) is 0.219. The Morgan fingerprint density at radius 3 is 2.70 bits per heavy atom. The molecule has 2 aromatic heterocycles. The fourth-order valence-electron chi connectivity index (χ4n) is 3.48. The molecule has 0 aliphatic heterocycles. The molecule has 8 nitrogen and oxygen atoms in total. The monoisotopic (exact) mass is 442 g/mol. The van der Waals surface area contributed by atoms with Crippen LogP contribution in [-0.4, -0.2) is 57.8 Å². The largest absolute Gasteiger partial charge is 0.369 e. The molecule has 0 spiro atoms. The maximum absolute atomic E-state index is 4.65. The highest BCUT2D eigenvalue weighted by molar-refractivity contribution is 5.90. The van der Waals surface area contributed by atoms with Crippen molar-refractivity contribution in [3.8, 4) is 0 Å². The smallest absolute Gasteiger partial charge is 0.246 e. The molecule has 0 saturated heterocycles. The number of hydrogen-bond donors (Lipinski definition) is 2. The lowest BCUT2D eigenvalue weighted by atomic mass is 10.1. The fraction of sp³-hybridized carbons (Fsp3) is 0.280. The van der Waals surface area contributed by atoms with E-state index in [2.05, 4.69) is 85.5 Å². The molecule has 4 aromatic rings. The number of hydrogen-bond acceptors (Lipinski definition) is 7. The summed E-state index contributed by atoms with van der Waals surface area (Å²) in [6.07, 6.45) is 6.44. The number of aryl methyl sites for hydroxylation is 1. The van der Waals surface area contributed by atoms with Crippen molar-refractivity contribution in [3.63, 3.8) is 0 Å². The van der Waals surface area contributed by atoms with Crippen molar-refractivity contribution >= 4 is 28.9 Å². The van der Waals surface area contributed by atoms with Crippen LogP contribution in [0.1, 0.15) is 23.4 Å². The van der Waals surface area contributed by atoms with Crippen LogP contribution in [0.15, 0.2) is 66.0 Å². The fourth-order valence-corrected chi connectivity index (χ4v) is 3.48. The molecule has 0 fully saturated rings. The Morgan fingerprint density at radius 2 is 1.88 bits per heavy atom. The van der Waals surface area contributed by atoms with Crippen LogP contribution in [0.5, 0.6) is 0 Å². The summed E-state index contributed by atoms with van der Waals surface area (Å²) >= 11 is 0. The number of aromatic nitrogens is 4. The lowest BCUT2D eigenvalue weighted by molar-refractivity contribution is 0.405. The molecule has 0 amide bonds. The van der Waals surface area contributed by atoms with Crippen molar-refractivity contribution < 1.29 is 0 Å². The van der Waals surface area contributed by atoms with E-state index in [1.807, 2.05) is 30.5 Å². The standard InChI is InChI=1S/C25H30N8/c1-19-9-11-20(12-10-19)18-33-16-14-26-23(33)17-28-31-25-29-22-8-5-4-7-21(22)24(30-25)27-13-6-15-32(2)3/h4-5,7-12,14,16-17H,6,13,15,18H2,1-3H3,(H2,27,29,30,31)/b28-17+. The number of fused-ring (bicyclic) bond motifs is 1. The molecule has 33 heavy (non-hydrogen) atoms. The van der Waals surface area contributed by atoms with Gasteiger partial charge in [0.2, 0.25) is 5.95 Å². The van der Waals surface area contributed by atoms with Gasteiger partial charge in [0.1, 0.15) is 5.82 Å². The molecule has 4 rings (SSSR count). The third kappa shape index (κ3) is 6.14. The van der Waals surface area contributed by atoms with Crippen molar-refractivity contribution in [3.05, 3.63) is 77.9 Å². The van der Waals surface area contributed by atoms with Gasteiger partial charge in [-0.05, 0) is 51.7 Å². The van der Waals surface area contributed by atoms with Crippen LogP contribution < -0.4 is 10.7 Å². The van der Waals surface area contributed by atoms with E-state index in [-0.39, 0.29) is 0 Å². The first kappa shape index (κ1) is 22.4. The van der Waals surface area contributed by atoms with Gasteiger partial charge in [0.15, 0.2) is 5.82 Å². The minimum Gasteiger partial charge on any atom is -0.369 e. The van der Waals surface area contributed by atoms with Gasteiger partial charge in [-0.25, -0.2) is 15.4 Å². The summed E-state index contributed by atoms with van der Waals surface area (Å²) in [7, 11) is 4.15. The van der Waals surface area contributed by atoms with Gasteiger partial charge in [0.05, 0.1) is 11.7 Å². The predicted octanol–water partition coefficient (Wildman–Crippen LogP) is 3.99. The van der Waals surface area contributed by atoms with Gasteiger partial charge in [0.25, 0.3) is 0 Å². The minimum atomic E-state index is 0.441. The van der Waals surface area contributed by atoms with Crippen molar-refractivity contribution in [2.45, 2.75) is 19.9 Å². The van der Waals surface area contributed by atoms with Crippen molar-refractivity contribution in [1.29, 1.82) is 0 Å². The molecule has 0 bridgehead atoms. The van der Waals surface area contributed by atoms with Crippen molar-refractivity contribution in [1.82, 2.24) is 24.4 Å². The third-order valence-corrected chi connectivity index (χ3v) is 5.24. The third-order valence-electron chi connectivity index (χ3n) is 5.24. The van der Waals surface area contributed by atoms with E-state index in [0.29, 0.717) is 5.95 Å². The number of nitrogens with zero attached hydrogens (tertiary/aromatic N) is 6. The number of nitrogens with one attached hydrogen (secondary N) is 2. The van der Waals surface area contributed by atoms with Crippen LogP contribution in [-0.2, 0) is 6.54 Å². The summed E-state index contributed by atoms with van der Waals surface area (Å²) < 4.78 is 2.05. The normalized spacial score (nSPS) is 11.5. The molecule has 0 atom stereocenters. The first-order valence-corrected chi connectivity index (χ1v) is 11.1. The Labute approximate surface area is 194 Å². The molecule has 0 aliphatic carbocycles. The van der Waals surface area contributed by atoms with E-state index < -0.39 is 0 Å². The van der Waals surface area contributed by atoms with Gasteiger partial charge in [-0.2, -0.15) is 10.1 Å². The molecular formula is C25H30N8. The highest BCUT2D eigenvalue weighted by atomic mass is 15.4. The Balaban J connectivity index is 1.46. The van der Waals surface area contributed by atoms with Crippen molar-refractivity contribution in [2.75, 3.05) is 37.9 Å². The number of benzene rings is 2. The van der Waals surface area contributed by atoms with Gasteiger partial charge in [-0.1, -0.05) is 42.0 Å². The molecular weight excluding hydrogens is 412 g/mol. The number of imidazole rings is 1. The Hall–Kier alpha value is -3.78. The molecule has 2 N–H and O–H groups in total. The van der Waals surface area contributed by atoms with Crippen LogP contribution in [0, 0.1) is 6.92 Å². The first-order chi connectivity index (χ1) is 16.1. The van der Waals surface area contributed by atoms with E-state index >= 15 is 0 Å². The average molecular weight is 443 g/mol. The zero-order valence-corrected chi connectivity index (χ0v) is 19.4. The summed E-state index contributed by atoms with van der Waals surface area (Å²) in [5.74, 6) is 2.00. The topological polar surface area (TPSA) is 83.3 Å². The number of para-hydroxylation sites is 1.